The number of hydrogen-bond acceptors (Lipinski definition) is 5. The van der Waals surface area contributed by atoms with Crippen LogP contribution in [0.25, 0.3) is 0 Å². The summed E-state index contributed by atoms with van der Waals surface area (Å²) in [6, 6.07) is 13.5. The molecule has 1 N–H and O–H groups in total. The maximum Gasteiger partial charge on any atom is 0.321 e. The van der Waals surface area contributed by atoms with Crippen LogP contribution in [0.5, 0.6) is 11.8 Å². The van der Waals surface area contributed by atoms with E-state index >= 15 is 0 Å². The van der Waals surface area contributed by atoms with E-state index in [2.05, 4.69) is 20.2 Å². The van der Waals surface area contributed by atoms with E-state index in [0.717, 1.165) is 19.6 Å². The zero-order valence-corrected chi connectivity index (χ0v) is 15.8. The van der Waals surface area contributed by atoms with E-state index in [9.17, 15) is 9.18 Å². The molecule has 0 saturated carbocycles. The maximum atomic E-state index is 12.9. The lowest BCUT2D eigenvalue weighted by molar-refractivity contribution is 0.102. The van der Waals surface area contributed by atoms with Gasteiger partial charge in [-0.3, -0.25) is 9.69 Å². The third kappa shape index (κ3) is 5.14. The number of rotatable bonds is 6. The minimum absolute atomic E-state index is 0.0828. The first kappa shape index (κ1) is 19.0. The molecule has 0 atom stereocenters. The molecule has 0 unspecified atom stereocenters. The molecule has 3 aromatic rings. The summed E-state index contributed by atoms with van der Waals surface area (Å²) in [6.07, 6.45) is 5.32. The Morgan fingerprint density at radius 3 is 2.31 bits per heavy atom. The lowest BCUT2D eigenvalue weighted by atomic mass is 10.2. The van der Waals surface area contributed by atoms with Crippen LogP contribution >= 0.6 is 0 Å². The Morgan fingerprint density at radius 1 is 1.00 bits per heavy atom. The average Bonchev–Trinajstić information content (AvgIpc) is 3.25. The van der Waals surface area contributed by atoms with E-state index in [1.54, 1.807) is 0 Å². The second kappa shape index (κ2) is 8.79. The van der Waals surface area contributed by atoms with Crippen LogP contribution in [0.4, 0.5) is 10.1 Å². The normalized spacial score (nSPS) is 14.0. The number of benzene rings is 2. The van der Waals surface area contributed by atoms with Crippen LogP contribution in [-0.4, -0.2) is 33.9 Å². The van der Waals surface area contributed by atoms with Gasteiger partial charge in [-0.15, -0.1) is 0 Å². The number of halogens is 1. The summed E-state index contributed by atoms with van der Waals surface area (Å²) in [6.45, 7) is 3.25. The van der Waals surface area contributed by atoms with Gasteiger partial charge >= 0.3 is 6.01 Å². The van der Waals surface area contributed by atoms with Gasteiger partial charge in [-0.25, -0.2) is 14.4 Å². The summed E-state index contributed by atoms with van der Waals surface area (Å²) >= 11 is 0. The fourth-order valence-corrected chi connectivity index (χ4v) is 3.19. The van der Waals surface area contributed by atoms with Crippen molar-refractivity contribution in [2.45, 2.75) is 19.4 Å². The van der Waals surface area contributed by atoms with Crippen LogP contribution in [0, 0.1) is 5.82 Å². The second-order valence-corrected chi connectivity index (χ2v) is 6.94. The van der Waals surface area contributed by atoms with Crippen molar-refractivity contribution in [3.05, 3.63) is 77.9 Å². The number of amides is 1. The number of aromatic nitrogens is 2. The number of hydrogen-bond donors (Lipinski definition) is 1. The Labute approximate surface area is 168 Å². The molecule has 0 aliphatic carbocycles. The van der Waals surface area contributed by atoms with Crippen LogP contribution in [0.1, 0.15) is 28.8 Å². The van der Waals surface area contributed by atoms with E-state index in [1.165, 1.54) is 55.1 Å². The van der Waals surface area contributed by atoms with E-state index in [-0.39, 0.29) is 17.7 Å². The molecule has 2 heterocycles. The van der Waals surface area contributed by atoms with Gasteiger partial charge in [0.1, 0.15) is 11.6 Å². The predicted molar refractivity (Wildman–Crippen MR) is 107 cm³/mol. The Kier molecular flexibility index (Phi) is 5.76. The van der Waals surface area contributed by atoms with Gasteiger partial charge in [0.2, 0.25) is 0 Å². The molecule has 1 amide bonds. The SMILES string of the molecule is O=C(Nc1ccc(CN2CCCC2)cc1)c1cnc(Oc2ccc(F)cc2)nc1. The molecule has 1 fully saturated rings. The van der Waals surface area contributed by atoms with Crippen molar-refractivity contribution >= 4 is 11.6 Å². The first-order chi connectivity index (χ1) is 14.2. The highest BCUT2D eigenvalue weighted by molar-refractivity contribution is 6.03. The van der Waals surface area contributed by atoms with Crippen molar-refractivity contribution in [2.75, 3.05) is 18.4 Å². The summed E-state index contributed by atoms with van der Waals surface area (Å²) in [5.41, 5.74) is 2.26. The van der Waals surface area contributed by atoms with Crippen molar-refractivity contribution < 1.29 is 13.9 Å². The number of carbonyl (C=O) groups is 1. The quantitative estimate of drug-likeness (QED) is 0.679. The number of nitrogens with one attached hydrogen (secondary N) is 1. The molecular weight excluding hydrogens is 371 g/mol. The summed E-state index contributed by atoms with van der Waals surface area (Å²) in [4.78, 5) is 22.9. The highest BCUT2D eigenvalue weighted by atomic mass is 19.1. The van der Waals surface area contributed by atoms with E-state index in [4.69, 9.17) is 4.74 Å². The third-order valence-electron chi connectivity index (χ3n) is 4.73. The first-order valence-corrected chi connectivity index (χ1v) is 9.54. The fourth-order valence-electron chi connectivity index (χ4n) is 3.19. The maximum absolute atomic E-state index is 12.9. The largest absolute Gasteiger partial charge is 0.424 e. The zero-order chi connectivity index (χ0) is 20.1. The summed E-state index contributed by atoms with van der Waals surface area (Å²) in [5, 5.41) is 2.84. The van der Waals surface area contributed by atoms with Crippen LogP contribution in [-0.2, 0) is 6.54 Å². The molecule has 7 heteroatoms. The van der Waals surface area contributed by atoms with Crippen molar-refractivity contribution in [1.29, 1.82) is 0 Å². The number of carbonyl (C=O) groups excluding carboxylic acids is 1. The molecule has 1 aliphatic rings. The van der Waals surface area contributed by atoms with Crippen molar-refractivity contribution in [1.82, 2.24) is 14.9 Å². The van der Waals surface area contributed by atoms with Gasteiger partial charge in [0.25, 0.3) is 5.91 Å². The van der Waals surface area contributed by atoms with Crippen LogP contribution in [0.15, 0.2) is 60.9 Å². The highest BCUT2D eigenvalue weighted by Gasteiger charge is 2.12. The van der Waals surface area contributed by atoms with Gasteiger partial charge in [0.05, 0.1) is 5.56 Å². The lowest BCUT2D eigenvalue weighted by Crippen LogP contribution is -2.18. The van der Waals surface area contributed by atoms with Gasteiger partial charge in [-0.1, -0.05) is 12.1 Å². The van der Waals surface area contributed by atoms with Gasteiger partial charge in [-0.2, -0.15) is 0 Å². The van der Waals surface area contributed by atoms with Crippen molar-refractivity contribution in [2.24, 2.45) is 0 Å². The van der Waals surface area contributed by atoms with Crippen molar-refractivity contribution in [3.8, 4) is 11.8 Å². The molecule has 0 spiro atoms. The third-order valence-corrected chi connectivity index (χ3v) is 4.73. The summed E-state index contributed by atoms with van der Waals surface area (Å²) in [5.74, 6) is -0.238. The molecule has 1 saturated heterocycles. The summed E-state index contributed by atoms with van der Waals surface area (Å²) < 4.78 is 18.4. The van der Waals surface area contributed by atoms with E-state index in [1.807, 2.05) is 24.3 Å². The van der Waals surface area contributed by atoms with Gasteiger partial charge in [-0.05, 0) is 67.9 Å². The molecule has 4 rings (SSSR count). The minimum Gasteiger partial charge on any atom is -0.424 e. The number of likely N-dealkylation sites (tertiary alicyclic amines) is 1. The average molecular weight is 392 g/mol. The molecule has 2 aromatic carbocycles. The van der Waals surface area contributed by atoms with E-state index in [0.29, 0.717) is 17.0 Å². The van der Waals surface area contributed by atoms with Gasteiger partial charge in [0.15, 0.2) is 0 Å². The molecule has 0 bridgehead atoms. The number of ether oxygens (including phenoxy) is 1. The van der Waals surface area contributed by atoms with Gasteiger partial charge < -0.3 is 10.1 Å². The zero-order valence-electron chi connectivity index (χ0n) is 15.8. The Hall–Kier alpha value is -3.32. The van der Waals surface area contributed by atoms with Crippen LogP contribution in [0.2, 0.25) is 0 Å². The second-order valence-electron chi connectivity index (χ2n) is 6.94. The Bertz CT molecular complexity index is 954. The highest BCUT2D eigenvalue weighted by Crippen LogP contribution is 2.18. The summed E-state index contributed by atoms with van der Waals surface area (Å²) in [7, 11) is 0. The molecule has 29 heavy (non-hydrogen) atoms. The number of anilines is 1. The first-order valence-electron chi connectivity index (χ1n) is 9.54. The standard InChI is InChI=1S/C22H21FN4O2/c23-18-5-9-20(10-6-18)29-22-24-13-17(14-25-22)21(28)26-19-7-3-16(4-8-19)15-27-11-1-2-12-27/h3-10,13-14H,1-2,11-12,15H2,(H,26,28). The van der Waals surface area contributed by atoms with Crippen molar-refractivity contribution in [3.63, 3.8) is 0 Å². The Morgan fingerprint density at radius 2 is 1.66 bits per heavy atom. The molecule has 1 aromatic heterocycles. The van der Waals surface area contributed by atoms with E-state index < -0.39 is 0 Å². The number of nitrogens with zero attached hydrogens (tertiary/aromatic N) is 3. The fraction of sp³-hybridized carbons (Fsp3) is 0.227. The van der Waals surface area contributed by atoms with Crippen LogP contribution in [0.3, 0.4) is 0 Å². The minimum atomic E-state index is -0.352. The van der Waals surface area contributed by atoms with Gasteiger partial charge in [0, 0.05) is 24.6 Å². The molecular formula is C22H21FN4O2. The topological polar surface area (TPSA) is 67.4 Å². The molecule has 1 aliphatic heterocycles. The molecule has 6 nitrogen and oxygen atoms in total. The predicted octanol–water partition coefficient (Wildman–Crippen LogP) is 4.26. The smallest absolute Gasteiger partial charge is 0.321 e. The Balaban J connectivity index is 1.33. The molecule has 0 radical (unpaired) electrons. The monoisotopic (exact) mass is 392 g/mol. The molecule has 148 valence electrons. The van der Waals surface area contributed by atoms with Crippen LogP contribution < -0.4 is 10.1 Å². The lowest BCUT2D eigenvalue weighted by Gasteiger charge is -2.14.